The highest BCUT2D eigenvalue weighted by Gasteiger charge is 2.21. The van der Waals surface area contributed by atoms with Crippen LogP contribution in [0.25, 0.3) is 0 Å². The second kappa shape index (κ2) is 6.57. The molecule has 1 fully saturated rings. The van der Waals surface area contributed by atoms with Crippen molar-refractivity contribution in [1.82, 2.24) is 15.5 Å². The van der Waals surface area contributed by atoms with Crippen molar-refractivity contribution in [2.75, 3.05) is 5.32 Å². The maximum Gasteiger partial charge on any atom is 0.315 e. The zero-order chi connectivity index (χ0) is 14.6. The lowest BCUT2D eigenvalue weighted by Gasteiger charge is -2.27. The summed E-state index contributed by atoms with van der Waals surface area (Å²) in [4.78, 5) is 0. The largest absolute Gasteiger partial charge is 0.407 e. The number of rotatable bonds is 5. The van der Waals surface area contributed by atoms with E-state index in [2.05, 4.69) is 48.5 Å². The van der Waals surface area contributed by atoms with Crippen molar-refractivity contribution in [3.8, 4) is 0 Å². The quantitative estimate of drug-likeness (QED) is 0.866. The predicted molar refractivity (Wildman–Crippen MR) is 80.6 cm³/mol. The van der Waals surface area contributed by atoms with Gasteiger partial charge in [0.15, 0.2) is 0 Å². The van der Waals surface area contributed by atoms with Crippen LogP contribution in [-0.2, 0) is 6.54 Å². The molecule has 20 heavy (non-hydrogen) atoms. The maximum atomic E-state index is 5.64. The van der Waals surface area contributed by atoms with E-state index >= 15 is 0 Å². The number of nitrogens with one attached hydrogen (secondary N) is 2. The van der Waals surface area contributed by atoms with Crippen LogP contribution >= 0.6 is 0 Å². The molecular formula is C15H28N4O. The molecule has 0 atom stereocenters. The maximum absolute atomic E-state index is 5.64. The Labute approximate surface area is 121 Å². The smallest absolute Gasteiger partial charge is 0.315 e. The number of anilines is 1. The molecule has 114 valence electrons. The van der Waals surface area contributed by atoms with Crippen molar-refractivity contribution in [3.63, 3.8) is 0 Å². The van der Waals surface area contributed by atoms with Gasteiger partial charge in [0.2, 0.25) is 5.89 Å². The first-order valence-corrected chi connectivity index (χ1v) is 7.80. The van der Waals surface area contributed by atoms with Crippen molar-refractivity contribution in [2.45, 2.75) is 77.9 Å². The zero-order valence-electron chi connectivity index (χ0n) is 13.2. The molecule has 0 unspecified atom stereocenters. The van der Waals surface area contributed by atoms with Gasteiger partial charge in [-0.15, -0.1) is 5.10 Å². The van der Waals surface area contributed by atoms with Crippen molar-refractivity contribution < 1.29 is 4.42 Å². The molecule has 0 aromatic carbocycles. The van der Waals surface area contributed by atoms with Gasteiger partial charge in [-0.1, -0.05) is 18.4 Å². The first kappa shape index (κ1) is 15.3. The lowest BCUT2D eigenvalue weighted by molar-refractivity contribution is 0.325. The highest BCUT2D eigenvalue weighted by Crippen LogP contribution is 2.28. The fourth-order valence-electron chi connectivity index (χ4n) is 2.61. The molecule has 0 radical (unpaired) electrons. The Kier molecular flexibility index (Phi) is 5.02. The lowest BCUT2D eigenvalue weighted by atomic mass is 9.85. The van der Waals surface area contributed by atoms with Gasteiger partial charge in [0, 0.05) is 11.6 Å². The summed E-state index contributed by atoms with van der Waals surface area (Å²) in [6.45, 7) is 9.25. The van der Waals surface area contributed by atoms with Crippen LogP contribution in [0.15, 0.2) is 4.42 Å². The monoisotopic (exact) mass is 280 g/mol. The average Bonchev–Trinajstić information content (AvgIpc) is 2.84. The molecule has 1 aromatic rings. The Morgan fingerprint density at radius 3 is 2.45 bits per heavy atom. The molecule has 2 N–H and O–H groups in total. The molecule has 1 saturated carbocycles. The second-order valence-electron chi connectivity index (χ2n) is 6.87. The molecule has 0 amide bonds. The average molecular weight is 280 g/mol. The number of hydrogen-bond acceptors (Lipinski definition) is 5. The first-order valence-electron chi connectivity index (χ1n) is 7.80. The van der Waals surface area contributed by atoms with Crippen LogP contribution < -0.4 is 10.6 Å². The first-order chi connectivity index (χ1) is 9.46. The Morgan fingerprint density at radius 2 is 1.85 bits per heavy atom. The van der Waals surface area contributed by atoms with Gasteiger partial charge in [0.25, 0.3) is 0 Å². The molecule has 1 heterocycles. The third kappa shape index (κ3) is 4.78. The molecule has 2 rings (SSSR count). The summed E-state index contributed by atoms with van der Waals surface area (Å²) in [5.74, 6) is 1.55. The molecule has 0 bridgehead atoms. The molecule has 0 spiro atoms. The standard InChI is InChI=1S/C15H28N4O/c1-5-11-6-8-12(9-7-11)17-14-19-18-13(20-14)10-16-15(2,3)4/h11-12,16H,5-10H2,1-4H3,(H,17,19). The summed E-state index contributed by atoms with van der Waals surface area (Å²) in [6, 6.07) is 1.05. The summed E-state index contributed by atoms with van der Waals surface area (Å²) in [7, 11) is 0. The summed E-state index contributed by atoms with van der Waals surface area (Å²) >= 11 is 0. The minimum Gasteiger partial charge on any atom is -0.407 e. The number of hydrogen-bond donors (Lipinski definition) is 2. The molecule has 1 aliphatic carbocycles. The van der Waals surface area contributed by atoms with E-state index in [0.717, 1.165) is 5.92 Å². The third-order valence-corrected chi connectivity index (χ3v) is 3.99. The van der Waals surface area contributed by atoms with Crippen LogP contribution in [0.5, 0.6) is 0 Å². The van der Waals surface area contributed by atoms with Gasteiger partial charge < -0.3 is 15.1 Å². The molecule has 5 heteroatoms. The van der Waals surface area contributed by atoms with Gasteiger partial charge in [0.1, 0.15) is 0 Å². The van der Waals surface area contributed by atoms with Gasteiger partial charge in [-0.25, -0.2) is 0 Å². The number of aromatic nitrogens is 2. The Balaban J connectivity index is 1.78. The predicted octanol–water partition coefficient (Wildman–Crippen LogP) is 3.34. The van der Waals surface area contributed by atoms with Crippen molar-refractivity contribution in [1.29, 1.82) is 0 Å². The second-order valence-corrected chi connectivity index (χ2v) is 6.87. The van der Waals surface area contributed by atoms with Gasteiger partial charge >= 0.3 is 6.01 Å². The van der Waals surface area contributed by atoms with Crippen LogP contribution in [0, 0.1) is 5.92 Å². The minimum atomic E-state index is 0.0561. The SMILES string of the molecule is CCC1CCC(Nc2nnc(CNC(C)(C)C)o2)CC1. The van der Waals surface area contributed by atoms with Gasteiger partial charge in [0.05, 0.1) is 6.54 Å². The van der Waals surface area contributed by atoms with Gasteiger partial charge in [-0.05, 0) is 52.4 Å². The summed E-state index contributed by atoms with van der Waals surface area (Å²) < 4.78 is 5.64. The van der Waals surface area contributed by atoms with Crippen molar-refractivity contribution in [2.24, 2.45) is 5.92 Å². The van der Waals surface area contributed by atoms with Crippen LogP contribution in [0.3, 0.4) is 0 Å². The topological polar surface area (TPSA) is 63.0 Å². The van der Waals surface area contributed by atoms with Crippen LogP contribution in [0.2, 0.25) is 0 Å². The van der Waals surface area contributed by atoms with E-state index in [0.29, 0.717) is 24.5 Å². The molecule has 5 nitrogen and oxygen atoms in total. The van der Waals surface area contributed by atoms with Crippen LogP contribution in [0.1, 0.15) is 65.7 Å². The zero-order valence-corrected chi connectivity index (χ0v) is 13.2. The number of nitrogens with zero attached hydrogens (tertiary/aromatic N) is 2. The van der Waals surface area contributed by atoms with E-state index in [9.17, 15) is 0 Å². The van der Waals surface area contributed by atoms with Crippen molar-refractivity contribution in [3.05, 3.63) is 5.89 Å². The minimum absolute atomic E-state index is 0.0561. The summed E-state index contributed by atoms with van der Waals surface area (Å²) in [6.07, 6.45) is 6.32. The van der Waals surface area contributed by atoms with Gasteiger partial charge in [-0.2, -0.15) is 0 Å². The third-order valence-electron chi connectivity index (χ3n) is 3.99. The van der Waals surface area contributed by atoms with E-state index in [-0.39, 0.29) is 5.54 Å². The van der Waals surface area contributed by atoms with E-state index < -0.39 is 0 Å². The highest BCUT2D eigenvalue weighted by atomic mass is 16.4. The van der Waals surface area contributed by atoms with Crippen molar-refractivity contribution >= 4 is 6.01 Å². The van der Waals surface area contributed by atoms with Gasteiger partial charge in [-0.3, -0.25) is 0 Å². The normalized spacial score (nSPS) is 23.8. The highest BCUT2D eigenvalue weighted by molar-refractivity contribution is 5.19. The van der Waals surface area contributed by atoms with E-state index in [1.807, 2.05) is 0 Å². The fraction of sp³-hybridized carbons (Fsp3) is 0.867. The van der Waals surface area contributed by atoms with E-state index in [4.69, 9.17) is 4.42 Å². The van der Waals surface area contributed by atoms with Crippen LogP contribution in [-0.4, -0.2) is 21.8 Å². The summed E-state index contributed by atoms with van der Waals surface area (Å²) in [5.41, 5.74) is 0.0561. The lowest BCUT2D eigenvalue weighted by Crippen LogP contribution is -2.35. The van der Waals surface area contributed by atoms with Crippen LogP contribution in [0.4, 0.5) is 6.01 Å². The Bertz CT molecular complexity index is 402. The van der Waals surface area contributed by atoms with E-state index in [1.165, 1.54) is 32.1 Å². The molecular weight excluding hydrogens is 252 g/mol. The van der Waals surface area contributed by atoms with E-state index in [1.54, 1.807) is 0 Å². The Hall–Kier alpha value is -1.10. The Morgan fingerprint density at radius 1 is 1.15 bits per heavy atom. The summed E-state index contributed by atoms with van der Waals surface area (Å²) in [5, 5.41) is 14.9. The fourth-order valence-corrected chi connectivity index (χ4v) is 2.61. The molecule has 0 aliphatic heterocycles. The molecule has 1 aliphatic rings. The molecule has 1 aromatic heterocycles. The molecule has 0 saturated heterocycles.